The summed E-state index contributed by atoms with van der Waals surface area (Å²) in [5.41, 5.74) is 1.96. The monoisotopic (exact) mass is 344 g/mol. The number of aliphatic hydroxyl groups is 1. The minimum atomic E-state index is -0.547. The Kier molecular flexibility index (Phi) is 5.38. The topological polar surface area (TPSA) is 47.3 Å². The Morgan fingerprint density at radius 1 is 1.17 bits per heavy atom. The number of aromatic nitrogens is 2. The van der Waals surface area contributed by atoms with Crippen molar-refractivity contribution in [2.45, 2.75) is 32.4 Å². The van der Waals surface area contributed by atoms with Crippen LogP contribution in [0, 0.1) is 0 Å². The van der Waals surface area contributed by atoms with E-state index in [1.54, 1.807) is 0 Å². The summed E-state index contributed by atoms with van der Waals surface area (Å²) in [4.78, 5) is 4.59. The van der Waals surface area contributed by atoms with E-state index in [0.29, 0.717) is 18.1 Å². The van der Waals surface area contributed by atoms with Gasteiger partial charge in [-0.1, -0.05) is 30.7 Å². The summed E-state index contributed by atoms with van der Waals surface area (Å²) in [7, 11) is 0. The molecule has 0 saturated carbocycles. The second kappa shape index (κ2) is 7.69. The quantitative estimate of drug-likeness (QED) is 0.637. The van der Waals surface area contributed by atoms with E-state index >= 15 is 0 Å². The molecule has 0 aliphatic rings. The molecule has 1 heterocycles. The van der Waals surface area contributed by atoms with Gasteiger partial charge >= 0.3 is 0 Å². The summed E-state index contributed by atoms with van der Waals surface area (Å²) >= 11 is 5.87. The second-order valence-corrected chi connectivity index (χ2v) is 6.13. The zero-order chi connectivity index (χ0) is 16.9. The highest BCUT2D eigenvalue weighted by Crippen LogP contribution is 2.23. The highest BCUT2D eigenvalue weighted by molar-refractivity contribution is 6.30. The van der Waals surface area contributed by atoms with Crippen LogP contribution >= 0.6 is 11.6 Å². The lowest BCUT2D eigenvalue weighted by Gasteiger charge is -2.13. The number of halogens is 1. The molecule has 24 heavy (non-hydrogen) atoms. The number of benzene rings is 2. The minimum Gasteiger partial charge on any atom is -0.494 e. The Balaban J connectivity index is 1.68. The van der Waals surface area contributed by atoms with Crippen LogP contribution in [0.25, 0.3) is 11.0 Å². The number of para-hydroxylation sites is 2. The van der Waals surface area contributed by atoms with Crippen molar-refractivity contribution < 1.29 is 9.84 Å². The summed E-state index contributed by atoms with van der Waals surface area (Å²) in [6.45, 7) is 3.30. The first kappa shape index (κ1) is 16.8. The van der Waals surface area contributed by atoms with Gasteiger partial charge < -0.3 is 14.4 Å². The number of imidazole rings is 1. The number of rotatable bonds is 7. The van der Waals surface area contributed by atoms with Crippen LogP contribution in [0.1, 0.15) is 31.7 Å². The van der Waals surface area contributed by atoms with Gasteiger partial charge in [0.2, 0.25) is 0 Å². The maximum Gasteiger partial charge on any atom is 0.138 e. The third-order valence-corrected chi connectivity index (χ3v) is 4.23. The van der Waals surface area contributed by atoms with E-state index in [2.05, 4.69) is 9.55 Å². The highest BCUT2D eigenvalue weighted by Gasteiger charge is 2.16. The van der Waals surface area contributed by atoms with Crippen molar-refractivity contribution in [3.8, 4) is 5.75 Å². The van der Waals surface area contributed by atoms with Crippen molar-refractivity contribution >= 4 is 22.6 Å². The molecule has 0 unspecified atom stereocenters. The molecule has 2 aromatic carbocycles. The van der Waals surface area contributed by atoms with E-state index in [9.17, 15) is 5.11 Å². The van der Waals surface area contributed by atoms with Crippen LogP contribution in [0.15, 0.2) is 48.5 Å². The largest absolute Gasteiger partial charge is 0.494 e. The predicted octanol–water partition coefficient (Wildman–Crippen LogP) is 4.60. The Morgan fingerprint density at radius 3 is 2.67 bits per heavy atom. The van der Waals surface area contributed by atoms with Gasteiger partial charge in [-0.3, -0.25) is 0 Å². The minimum absolute atomic E-state index is 0.547. The van der Waals surface area contributed by atoms with E-state index in [0.717, 1.165) is 35.6 Å². The highest BCUT2D eigenvalue weighted by atomic mass is 35.5. The standard InChI is InChI=1S/C19H21ClN2O2/c1-2-18(23)19-21-16-6-3-4-7-17(16)22(19)12-5-13-24-15-10-8-14(20)9-11-15/h3-4,6-11,18,23H,2,5,12-13H2,1H3/t18-/m1/s1. The molecule has 0 fully saturated rings. The molecule has 0 bridgehead atoms. The molecule has 0 amide bonds. The number of aryl methyl sites for hydroxylation is 1. The Bertz CT molecular complexity index is 799. The molecule has 3 rings (SSSR count). The fourth-order valence-corrected chi connectivity index (χ4v) is 2.84. The fourth-order valence-electron chi connectivity index (χ4n) is 2.71. The van der Waals surface area contributed by atoms with Crippen LogP contribution < -0.4 is 4.74 Å². The molecule has 1 atom stereocenters. The van der Waals surface area contributed by atoms with Gasteiger partial charge in [0.1, 0.15) is 17.7 Å². The second-order valence-electron chi connectivity index (χ2n) is 5.69. The van der Waals surface area contributed by atoms with Gasteiger partial charge in [0.25, 0.3) is 0 Å². The first-order valence-electron chi connectivity index (χ1n) is 8.20. The molecule has 0 aliphatic heterocycles. The molecule has 126 valence electrons. The van der Waals surface area contributed by atoms with E-state index in [1.807, 2.05) is 55.5 Å². The average molecular weight is 345 g/mol. The zero-order valence-electron chi connectivity index (χ0n) is 13.7. The van der Waals surface area contributed by atoms with Gasteiger partial charge in [0.05, 0.1) is 17.6 Å². The first-order valence-corrected chi connectivity index (χ1v) is 8.58. The van der Waals surface area contributed by atoms with Crippen LogP contribution in [0.2, 0.25) is 5.02 Å². The zero-order valence-corrected chi connectivity index (χ0v) is 14.4. The predicted molar refractivity (Wildman–Crippen MR) is 96.5 cm³/mol. The fraction of sp³-hybridized carbons (Fsp3) is 0.316. The Hall–Kier alpha value is -2.04. The third-order valence-electron chi connectivity index (χ3n) is 3.98. The molecular formula is C19H21ClN2O2. The number of aliphatic hydroxyl groups excluding tert-OH is 1. The van der Waals surface area contributed by atoms with Crippen molar-refractivity contribution in [2.75, 3.05) is 6.61 Å². The van der Waals surface area contributed by atoms with Crippen molar-refractivity contribution in [2.24, 2.45) is 0 Å². The normalized spacial score (nSPS) is 12.5. The number of ether oxygens (including phenoxy) is 1. The van der Waals surface area contributed by atoms with Crippen LogP contribution in [-0.2, 0) is 6.54 Å². The van der Waals surface area contributed by atoms with Gasteiger partial charge in [-0.25, -0.2) is 4.98 Å². The molecule has 4 nitrogen and oxygen atoms in total. The molecule has 0 spiro atoms. The summed E-state index contributed by atoms with van der Waals surface area (Å²) in [6.07, 6.45) is 0.923. The van der Waals surface area contributed by atoms with Gasteiger partial charge in [-0.05, 0) is 49.2 Å². The van der Waals surface area contributed by atoms with Crippen molar-refractivity contribution in [3.05, 3.63) is 59.4 Å². The Labute approximate surface area is 146 Å². The molecule has 0 saturated heterocycles. The van der Waals surface area contributed by atoms with Crippen LogP contribution in [0.3, 0.4) is 0 Å². The van der Waals surface area contributed by atoms with E-state index in [1.165, 1.54) is 0 Å². The number of nitrogens with zero attached hydrogens (tertiary/aromatic N) is 2. The molecule has 0 radical (unpaired) electrons. The smallest absolute Gasteiger partial charge is 0.138 e. The molecule has 3 aromatic rings. The number of hydrogen-bond donors (Lipinski definition) is 1. The molecule has 5 heteroatoms. The number of hydrogen-bond acceptors (Lipinski definition) is 3. The Morgan fingerprint density at radius 2 is 1.92 bits per heavy atom. The first-order chi connectivity index (χ1) is 11.7. The van der Waals surface area contributed by atoms with Crippen molar-refractivity contribution in [1.82, 2.24) is 9.55 Å². The summed E-state index contributed by atoms with van der Waals surface area (Å²) < 4.78 is 7.84. The molecule has 1 N–H and O–H groups in total. The van der Waals surface area contributed by atoms with Crippen molar-refractivity contribution in [3.63, 3.8) is 0 Å². The van der Waals surface area contributed by atoms with Gasteiger partial charge in [0.15, 0.2) is 0 Å². The lowest BCUT2D eigenvalue weighted by Crippen LogP contribution is -2.11. The van der Waals surface area contributed by atoms with Crippen LogP contribution in [0.4, 0.5) is 0 Å². The maximum atomic E-state index is 10.2. The maximum absolute atomic E-state index is 10.2. The SMILES string of the molecule is CC[C@@H](O)c1nc2ccccc2n1CCCOc1ccc(Cl)cc1. The van der Waals surface area contributed by atoms with Gasteiger partial charge in [-0.2, -0.15) is 0 Å². The lowest BCUT2D eigenvalue weighted by atomic mass is 10.2. The van der Waals surface area contributed by atoms with E-state index < -0.39 is 6.10 Å². The van der Waals surface area contributed by atoms with E-state index in [-0.39, 0.29) is 0 Å². The van der Waals surface area contributed by atoms with Crippen LogP contribution in [0.5, 0.6) is 5.75 Å². The molecule has 0 aliphatic carbocycles. The van der Waals surface area contributed by atoms with Crippen LogP contribution in [-0.4, -0.2) is 21.3 Å². The third kappa shape index (κ3) is 3.71. The number of fused-ring (bicyclic) bond motifs is 1. The molecular weight excluding hydrogens is 324 g/mol. The molecule has 1 aromatic heterocycles. The lowest BCUT2D eigenvalue weighted by molar-refractivity contribution is 0.158. The average Bonchev–Trinajstić information content (AvgIpc) is 2.98. The summed E-state index contributed by atoms with van der Waals surface area (Å²) in [5.74, 6) is 1.54. The van der Waals surface area contributed by atoms with E-state index in [4.69, 9.17) is 16.3 Å². The summed E-state index contributed by atoms with van der Waals surface area (Å²) in [6, 6.07) is 15.3. The van der Waals surface area contributed by atoms with Gasteiger partial charge in [0, 0.05) is 11.6 Å². The summed E-state index contributed by atoms with van der Waals surface area (Å²) in [5, 5.41) is 10.9. The van der Waals surface area contributed by atoms with Gasteiger partial charge in [-0.15, -0.1) is 0 Å². The van der Waals surface area contributed by atoms with Crippen molar-refractivity contribution in [1.29, 1.82) is 0 Å².